The van der Waals surface area contributed by atoms with Gasteiger partial charge in [-0.05, 0) is 43.3 Å². The lowest BCUT2D eigenvalue weighted by Gasteiger charge is -2.07. The molecule has 0 aliphatic rings. The normalized spacial score (nSPS) is 11.1. The molecule has 0 radical (unpaired) electrons. The van der Waals surface area contributed by atoms with Gasteiger partial charge in [-0.25, -0.2) is 14.2 Å². The minimum Gasteiger partial charge on any atom is -0.240 e. The Morgan fingerprint density at radius 3 is 2.71 bits per heavy atom. The summed E-state index contributed by atoms with van der Waals surface area (Å²) in [6.45, 7) is 1.97. The molecule has 0 saturated carbocycles. The molecule has 0 fully saturated rings. The van der Waals surface area contributed by atoms with Gasteiger partial charge in [0.05, 0.1) is 17.4 Å². The van der Waals surface area contributed by atoms with Gasteiger partial charge in [0, 0.05) is 23.7 Å². The van der Waals surface area contributed by atoms with E-state index in [4.69, 9.17) is 0 Å². The van der Waals surface area contributed by atoms with Crippen molar-refractivity contribution in [2.75, 3.05) is 0 Å². The topological polar surface area (TPSA) is 48.0 Å². The second-order valence-electron chi connectivity index (χ2n) is 4.88. The van der Waals surface area contributed by atoms with E-state index in [9.17, 15) is 0 Å². The lowest BCUT2D eigenvalue weighted by Crippen LogP contribution is -2.02. The molecule has 0 aromatic carbocycles. The van der Waals surface area contributed by atoms with E-state index in [2.05, 4.69) is 21.2 Å². The Kier molecular flexibility index (Phi) is 2.57. The molecule has 0 aliphatic heterocycles. The molecule has 5 heteroatoms. The van der Waals surface area contributed by atoms with Crippen LogP contribution in [0.3, 0.4) is 0 Å². The van der Waals surface area contributed by atoms with Crippen molar-refractivity contribution in [3.63, 3.8) is 0 Å². The molecule has 0 bridgehead atoms. The Bertz CT molecular complexity index is 919. The molecule has 0 aliphatic carbocycles. The van der Waals surface area contributed by atoms with Crippen LogP contribution in [0.25, 0.3) is 22.6 Å². The van der Waals surface area contributed by atoms with Crippen molar-refractivity contribution in [3.05, 3.63) is 66.7 Å². The second-order valence-corrected chi connectivity index (χ2v) is 4.88. The molecule has 4 rings (SSSR count). The Morgan fingerprint density at radius 1 is 0.905 bits per heavy atom. The van der Waals surface area contributed by atoms with Crippen LogP contribution in [-0.4, -0.2) is 24.4 Å². The van der Waals surface area contributed by atoms with Gasteiger partial charge in [-0.2, -0.15) is 10.2 Å². The zero-order chi connectivity index (χ0) is 14.2. The Morgan fingerprint density at radius 2 is 1.81 bits per heavy atom. The number of hydrogen-bond acceptors (Lipinski definition) is 3. The Balaban J connectivity index is 1.88. The summed E-state index contributed by atoms with van der Waals surface area (Å²) in [6, 6.07) is 14.0. The van der Waals surface area contributed by atoms with Crippen LogP contribution in [0, 0.1) is 6.92 Å². The van der Waals surface area contributed by atoms with E-state index in [0.29, 0.717) is 0 Å². The number of fused-ring (bicyclic) bond motifs is 1. The minimum absolute atomic E-state index is 0.815. The Hall–Kier alpha value is -2.95. The number of pyridine rings is 2. The van der Waals surface area contributed by atoms with Gasteiger partial charge in [0.1, 0.15) is 0 Å². The highest BCUT2D eigenvalue weighted by Crippen LogP contribution is 2.22. The van der Waals surface area contributed by atoms with Gasteiger partial charge in [-0.15, -0.1) is 0 Å². The van der Waals surface area contributed by atoms with Crippen molar-refractivity contribution in [2.45, 2.75) is 6.92 Å². The smallest absolute Gasteiger partial charge is 0.154 e. The van der Waals surface area contributed by atoms with E-state index in [1.54, 1.807) is 12.4 Å². The highest BCUT2D eigenvalue weighted by Gasteiger charge is 2.09. The fraction of sp³-hybridized carbons (Fsp3) is 0.0625. The van der Waals surface area contributed by atoms with Crippen molar-refractivity contribution in [1.82, 2.24) is 24.4 Å². The molecule has 4 heterocycles. The lowest BCUT2D eigenvalue weighted by molar-refractivity contribution is 0.845. The quantitative estimate of drug-likeness (QED) is 0.565. The molecule has 0 unspecified atom stereocenters. The number of nitrogens with zero attached hydrogens (tertiary/aromatic N) is 5. The Labute approximate surface area is 121 Å². The van der Waals surface area contributed by atoms with E-state index in [1.165, 1.54) is 0 Å². The van der Waals surface area contributed by atoms with Crippen LogP contribution < -0.4 is 0 Å². The number of hydrogen-bond donors (Lipinski definition) is 0. The van der Waals surface area contributed by atoms with E-state index in [1.807, 2.05) is 58.7 Å². The first-order valence-corrected chi connectivity index (χ1v) is 6.73. The average molecular weight is 275 g/mol. The zero-order valence-corrected chi connectivity index (χ0v) is 11.5. The first-order valence-electron chi connectivity index (χ1n) is 6.73. The van der Waals surface area contributed by atoms with Crippen molar-refractivity contribution >= 4 is 5.52 Å². The maximum absolute atomic E-state index is 4.53. The number of rotatable bonds is 2. The SMILES string of the molecule is Cc1cccc(-n2nccc2-c2ccc3ccnn3c2)n1. The van der Waals surface area contributed by atoms with Crippen LogP contribution >= 0.6 is 0 Å². The third-order valence-electron chi connectivity index (χ3n) is 3.43. The number of aryl methyl sites for hydroxylation is 1. The maximum Gasteiger partial charge on any atom is 0.154 e. The summed E-state index contributed by atoms with van der Waals surface area (Å²) in [5, 5.41) is 8.67. The van der Waals surface area contributed by atoms with Gasteiger partial charge in [0.15, 0.2) is 5.82 Å². The highest BCUT2D eigenvalue weighted by atomic mass is 15.3. The van der Waals surface area contributed by atoms with Crippen molar-refractivity contribution in [3.8, 4) is 17.1 Å². The van der Waals surface area contributed by atoms with Crippen molar-refractivity contribution in [1.29, 1.82) is 0 Å². The third kappa shape index (κ3) is 1.99. The summed E-state index contributed by atoms with van der Waals surface area (Å²) in [5.74, 6) is 0.815. The van der Waals surface area contributed by atoms with E-state index >= 15 is 0 Å². The molecule has 4 aromatic heterocycles. The molecular weight excluding hydrogens is 262 g/mol. The predicted molar refractivity (Wildman–Crippen MR) is 80.3 cm³/mol. The first kappa shape index (κ1) is 11.8. The summed E-state index contributed by atoms with van der Waals surface area (Å²) in [6.07, 6.45) is 5.57. The zero-order valence-electron chi connectivity index (χ0n) is 11.5. The van der Waals surface area contributed by atoms with Gasteiger partial charge in [0.2, 0.25) is 0 Å². The van der Waals surface area contributed by atoms with Crippen LogP contribution in [0.4, 0.5) is 0 Å². The van der Waals surface area contributed by atoms with E-state index < -0.39 is 0 Å². The van der Waals surface area contributed by atoms with Gasteiger partial charge in [-0.3, -0.25) is 0 Å². The molecule has 5 nitrogen and oxygen atoms in total. The third-order valence-corrected chi connectivity index (χ3v) is 3.43. The molecule has 4 aromatic rings. The van der Waals surface area contributed by atoms with Gasteiger partial charge >= 0.3 is 0 Å². The molecule has 21 heavy (non-hydrogen) atoms. The lowest BCUT2D eigenvalue weighted by atomic mass is 10.2. The molecule has 0 N–H and O–H groups in total. The van der Waals surface area contributed by atoms with Crippen LogP contribution in [-0.2, 0) is 0 Å². The van der Waals surface area contributed by atoms with Crippen LogP contribution in [0.15, 0.2) is 61.1 Å². The summed E-state index contributed by atoms with van der Waals surface area (Å²) in [7, 11) is 0. The molecule has 0 saturated heterocycles. The van der Waals surface area contributed by atoms with Crippen LogP contribution in [0.1, 0.15) is 5.69 Å². The summed E-state index contributed by atoms with van der Waals surface area (Å²) in [5.41, 5.74) is 4.08. The second kappa shape index (κ2) is 4.56. The summed E-state index contributed by atoms with van der Waals surface area (Å²) >= 11 is 0. The standard InChI is InChI=1S/C16H13N5/c1-12-3-2-4-16(19-12)21-15(8-10-18-21)13-5-6-14-7-9-17-20(14)11-13/h2-11H,1H3. The van der Waals surface area contributed by atoms with Gasteiger partial charge in [-0.1, -0.05) is 6.07 Å². The molecule has 102 valence electrons. The first-order chi connectivity index (χ1) is 10.3. The highest BCUT2D eigenvalue weighted by molar-refractivity contribution is 5.63. The number of aromatic nitrogens is 5. The monoisotopic (exact) mass is 275 g/mol. The molecule has 0 spiro atoms. The molecule has 0 atom stereocenters. The van der Waals surface area contributed by atoms with Crippen molar-refractivity contribution in [2.24, 2.45) is 0 Å². The minimum atomic E-state index is 0.815. The molecular formula is C16H13N5. The predicted octanol–water partition coefficient (Wildman–Crippen LogP) is 2.89. The fourth-order valence-electron chi connectivity index (χ4n) is 2.42. The largest absolute Gasteiger partial charge is 0.240 e. The summed E-state index contributed by atoms with van der Waals surface area (Å²) < 4.78 is 3.70. The van der Waals surface area contributed by atoms with E-state index in [0.717, 1.165) is 28.3 Å². The molecule has 0 amide bonds. The fourth-order valence-corrected chi connectivity index (χ4v) is 2.42. The van der Waals surface area contributed by atoms with E-state index in [-0.39, 0.29) is 0 Å². The van der Waals surface area contributed by atoms with Gasteiger partial charge in [0.25, 0.3) is 0 Å². The summed E-state index contributed by atoms with van der Waals surface area (Å²) in [4.78, 5) is 4.53. The van der Waals surface area contributed by atoms with Gasteiger partial charge < -0.3 is 0 Å². The average Bonchev–Trinajstić information content (AvgIpc) is 3.15. The maximum atomic E-state index is 4.53. The van der Waals surface area contributed by atoms with Crippen molar-refractivity contribution < 1.29 is 0 Å². The van der Waals surface area contributed by atoms with Crippen LogP contribution in [0.5, 0.6) is 0 Å². The van der Waals surface area contributed by atoms with Crippen LogP contribution in [0.2, 0.25) is 0 Å².